The number of anilines is 1. The predicted octanol–water partition coefficient (Wildman–Crippen LogP) is 0.852. The van der Waals surface area contributed by atoms with Crippen LogP contribution in [0.2, 0.25) is 0 Å². The van der Waals surface area contributed by atoms with Crippen LogP contribution in [-0.2, 0) is 14.8 Å². The number of hydrogen-bond acceptors (Lipinski definition) is 8. The lowest BCUT2D eigenvalue weighted by atomic mass is 10.2. The largest absolute Gasteiger partial charge is 0.497 e. The van der Waals surface area contributed by atoms with Crippen molar-refractivity contribution in [2.45, 2.75) is 4.90 Å². The minimum Gasteiger partial charge on any atom is -0.497 e. The van der Waals surface area contributed by atoms with E-state index in [0.717, 1.165) is 0 Å². The summed E-state index contributed by atoms with van der Waals surface area (Å²) in [6, 6.07) is 11.1. The van der Waals surface area contributed by atoms with Crippen molar-refractivity contribution < 1.29 is 17.9 Å². The maximum absolute atomic E-state index is 13.1. The van der Waals surface area contributed by atoms with Crippen molar-refractivity contribution in [3.05, 3.63) is 64.6 Å². The van der Waals surface area contributed by atoms with E-state index in [1.165, 1.54) is 42.0 Å². The third-order valence-electron chi connectivity index (χ3n) is 4.80. The van der Waals surface area contributed by atoms with Crippen LogP contribution in [0.25, 0.3) is 5.65 Å². The second-order valence-corrected chi connectivity index (χ2v) is 8.37. The molecule has 1 fully saturated rings. The van der Waals surface area contributed by atoms with Crippen molar-refractivity contribution in [1.82, 2.24) is 14.2 Å². The van der Waals surface area contributed by atoms with Crippen molar-refractivity contribution in [3.8, 4) is 5.75 Å². The second-order valence-electron chi connectivity index (χ2n) is 6.71. The number of hydrazone groups is 1. The van der Waals surface area contributed by atoms with Gasteiger partial charge in [-0.1, -0.05) is 6.07 Å². The SMILES string of the molecule is COc1ccc(S(=O)(=O)N/N=C/c2c(N3CCOCC3)nc3ccccn3c2=O)cc1. The summed E-state index contributed by atoms with van der Waals surface area (Å²) in [6.45, 7) is 2.15. The molecule has 1 aliphatic rings. The molecule has 0 bridgehead atoms. The predicted molar refractivity (Wildman–Crippen MR) is 115 cm³/mol. The fourth-order valence-electron chi connectivity index (χ4n) is 3.19. The summed E-state index contributed by atoms with van der Waals surface area (Å²) in [5, 5.41) is 3.85. The Bertz CT molecular complexity index is 1270. The highest BCUT2D eigenvalue weighted by atomic mass is 32.2. The van der Waals surface area contributed by atoms with Crippen molar-refractivity contribution in [3.63, 3.8) is 0 Å². The van der Waals surface area contributed by atoms with Gasteiger partial charge in [0.2, 0.25) is 0 Å². The van der Waals surface area contributed by atoms with Crippen molar-refractivity contribution in [1.29, 1.82) is 0 Å². The third kappa shape index (κ3) is 4.37. The molecule has 0 saturated carbocycles. The molecule has 4 rings (SSSR count). The zero-order valence-corrected chi connectivity index (χ0v) is 17.6. The summed E-state index contributed by atoms with van der Waals surface area (Å²) in [4.78, 5) is 21.8. The van der Waals surface area contributed by atoms with E-state index in [2.05, 4.69) is 14.9 Å². The molecule has 11 heteroatoms. The molecule has 1 N–H and O–H groups in total. The maximum atomic E-state index is 13.1. The first-order valence-electron chi connectivity index (χ1n) is 9.52. The highest BCUT2D eigenvalue weighted by molar-refractivity contribution is 7.89. The first-order valence-corrected chi connectivity index (χ1v) is 11.0. The molecule has 10 nitrogen and oxygen atoms in total. The lowest BCUT2D eigenvalue weighted by Crippen LogP contribution is -2.39. The van der Waals surface area contributed by atoms with Crippen molar-refractivity contribution in [2.24, 2.45) is 5.10 Å². The topological polar surface area (TPSA) is 115 Å². The average molecular weight is 443 g/mol. The number of pyridine rings is 1. The number of ether oxygens (including phenoxy) is 2. The molecule has 1 aliphatic heterocycles. The Labute approximate surface area is 178 Å². The summed E-state index contributed by atoms with van der Waals surface area (Å²) in [5.41, 5.74) is 0.326. The van der Waals surface area contributed by atoms with Crippen LogP contribution in [0.3, 0.4) is 0 Å². The third-order valence-corrected chi connectivity index (χ3v) is 6.03. The number of nitrogens with one attached hydrogen (secondary N) is 1. The molecule has 0 amide bonds. The number of benzene rings is 1. The number of hydrogen-bond donors (Lipinski definition) is 1. The first-order chi connectivity index (χ1) is 15.0. The van der Waals surface area contributed by atoms with Gasteiger partial charge in [0.25, 0.3) is 15.6 Å². The highest BCUT2D eigenvalue weighted by Gasteiger charge is 2.20. The molecule has 1 aromatic carbocycles. The quantitative estimate of drug-likeness (QED) is 0.444. The molecule has 31 heavy (non-hydrogen) atoms. The van der Waals surface area contributed by atoms with E-state index < -0.39 is 10.0 Å². The Morgan fingerprint density at radius 1 is 1.16 bits per heavy atom. The standard InChI is InChI=1S/C20H21N5O5S/c1-29-15-5-7-16(8-6-15)31(27,28)23-21-14-17-19(24-10-12-30-13-11-24)22-18-4-2-3-9-25(18)20(17)26/h2-9,14,23H,10-13H2,1H3/b21-14+. The van der Waals surface area contributed by atoms with E-state index in [4.69, 9.17) is 9.47 Å². The zero-order valence-electron chi connectivity index (χ0n) is 16.8. The van der Waals surface area contributed by atoms with Crippen molar-refractivity contribution >= 4 is 27.7 Å². The second kappa shape index (κ2) is 8.74. The molecular formula is C20H21N5O5S. The van der Waals surface area contributed by atoms with Crippen LogP contribution in [-0.4, -0.2) is 57.4 Å². The van der Waals surface area contributed by atoms with E-state index in [1.807, 2.05) is 4.90 Å². The van der Waals surface area contributed by atoms with Gasteiger partial charge in [0, 0.05) is 19.3 Å². The lowest BCUT2D eigenvalue weighted by Gasteiger charge is -2.28. The van der Waals surface area contributed by atoms with Crippen LogP contribution in [0.5, 0.6) is 5.75 Å². The van der Waals surface area contributed by atoms with Gasteiger partial charge in [0.15, 0.2) is 0 Å². The van der Waals surface area contributed by atoms with Gasteiger partial charge in [-0.15, -0.1) is 0 Å². The number of methoxy groups -OCH3 is 1. The van der Waals surface area contributed by atoms with Gasteiger partial charge in [-0.2, -0.15) is 13.5 Å². The van der Waals surface area contributed by atoms with Gasteiger partial charge < -0.3 is 14.4 Å². The number of nitrogens with zero attached hydrogens (tertiary/aromatic N) is 4. The van der Waals surface area contributed by atoms with Gasteiger partial charge in [0.05, 0.1) is 31.4 Å². The normalized spacial score (nSPS) is 14.8. The lowest BCUT2D eigenvalue weighted by molar-refractivity contribution is 0.122. The van der Waals surface area contributed by atoms with Crippen LogP contribution >= 0.6 is 0 Å². The van der Waals surface area contributed by atoms with Crippen LogP contribution < -0.4 is 20.0 Å². The van der Waals surface area contributed by atoms with Gasteiger partial charge in [-0.3, -0.25) is 9.20 Å². The van der Waals surface area contributed by atoms with E-state index in [-0.39, 0.29) is 16.0 Å². The summed E-state index contributed by atoms with van der Waals surface area (Å²) >= 11 is 0. The van der Waals surface area contributed by atoms with E-state index in [1.54, 1.807) is 24.4 Å². The molecule has 1 saturated heterocycles. The summed E-state index contributed by atoms with van der Waals surface area (Å²) < 4.78 is 36.8. The fourth-order valence-corrected chi connectivity index (χ4v) is 3.98. The summed E-state index contributed by atoms with van der Waals surface area (Å²) in [7, 11) is -2.42. The molecule has 0 aliphatic carbocycles. The first kappa shape index (κ1) is 20.8. The zero-order chi connectivity index (χ0) is 21.8. The fraction of sp³-hybridized carbons (Fsp3) is 0.250. The van der Waals surface area contributed by atoms with E-state index >= 15 is 0 Å². The molecular weight excluding hydrogens is 422 g/mol. The van der Waals surface area contributed by atoms with Gasteiger partial charge in [-0.05, 0) is 36.4 Å². The molecule has 3 aromatic rings. The number of rotatable bonds is 6. The van der Waals surface area contributed by atoms with Gasteiger partial charge >= 0.3 is 0 Å². The molecule has 0 spiro atoms. The number of fused-ring (bicyclic) bond motifs is 1. The van der Waals surface area contributed by atoms with Crippen LogP contribution in [0.4, 0.5) is 5.82 Å². The van der Waals surface area contributed by atoms with Crippen molar-refractivity contribution in [2.75, 3.05) is 38.3 Å². The van der Waals surface area contributed by atoms with Crippen LogP contribution in [0.15, 0.2) is 63.5 Å². The number of sulfonamides is 1. The molecule has 3 heterocycles. The average Bonchev–Trinajstić information content (AvgIpc) is 2.81. The van der Waals surface area contributed by atoms with Gasteiger partial charge in [-0.25, -0.2) is 9.82 Å². The molecule has 162 valence electrons. The Hall–Kier alpha value is -3.44. The molecule has 0 atom stereocenters. The minimum atomic E-state index is -3.91. The molecule has 2 aromatic heterocycles. The number of aromatic nitrogens is 2. The Kier molecular flexibility index (Phi) is 5.87. The Balaban J connectivity index is 1.68. The maximum Gasteiger partial charge on any atom is 0.276 e. The van der Waals surface area contributed by atoms with Gasteiger partial charge in [0.1, 0.15) is 22.8 Å². The van der Waals surface area contributed by atoms with E-state index in [0.29, 0.717) is 43.5 Å². The molecule has 0 radical (unpaired) electrons. The Morgan fingerprint density at radius 3 is 2.61 bits per heavy atom. The van der Waals surface area contributed by atoms with Crippen LogP contribution in [0, 0.1) is 0 Å². The summed E-state index contributed by atoms with van der Waals surface area (Å²) in [6.07, 6.45) is 2.80. The van der Waals surface area contributed by atoms with Crippen LogP contribution in [0.1, 0.15) is 5.56 Å². The highest BCUT2D eigenvalue weighted by Crippen LogP contribution is 2.17. The number of morpholine rings is 1. The minimum absolute atomic E-state index is 0.0206. The van der Waals surface area contributed by atoms with E-state index in [9.17, 15) is 13.2 Å². The monoisotopic (exact) mass is 443 g/mol. The summed E-state index contributed by atoms with van der Waals surface area (Å²) in [5.74, 6) is 0.972. The molecule has 0 unspecified atom stereocenters. The Morgan fingerprint density at radius 2 is 1.90 bits per heavy atom. The smallest absolute Gasteiger partial charge is 0.276 e.